The highest BCUT2D eigenvalue weighted by atomic mass is 16.3. The summed E-state index contributed by atoms with van der Waals surface area (Å²) in [7, 11) is 0. The van der Waals surface area contributed by atoms with Crippen molar-refractivity contribution < 1.29 is 14.0 Å². The molecule has 0 saturated carbocycles. The van der Waals surface area contributed by atoms with Gasteiger partial charge in [0.15, 0.2) is 5.76 Å². The molecule has 3 rings (SSSR count). The summed E-state index contributed by atoms with van der Waals surface area (Å²) in [5.74, 6) is 0.850. The first kappa shape index (κ1) is 18.7. The number of furan rings is 1. The topological polar surface area (TPSA) is 80.4 Å². The van der Waals surface area contributed by atoms with E-state index in [0.717, 1.165) is 16.9 Å². The molecule has 0 aliphatic carbocycles. The maximum Gasteiger partial charge on any atom is 0.286 e. The van der Waals surface area contributed by atoms with E-state index in [4.69, 9.17) is 4.42 Å². The Labute approximate surface area is 158 Å². The van der Waals surface area contributed by atoms with Gasteiger partial charge in [-0.25, -0.2) is 4.98 Å². The molecule has 0 saturated heterocycles. The molecule has 0 unspecified atom stereocenters. The summed E-state index contributed by atoms with van der Waals surface area (Å²) in [5.41, 5.74) is 1.77. The minimum absolute atomic E-state index is 0.0593. The standard InChI is InChI=1S/C20H24N4O3/c1-3-23(4-2)19(25)14-24-16-9-6-5-8-15(16)22-18(24)11-12-21-20(26)17-10-7-13-27-17/h5-10,13H,3-4,11-12,14H2,1-2H3,(H,21,26). The molecular weight excluding hydrogens is 344 g/mol. The van der Waals surface area contributed by atoms with Crippen LogP contribution in [0.2, 0.25) is 0 Å². The Morgan fingerprint density at radius 3 is 2.63 bits per heavy atom. The van der Waals surface area contributed by atoms with Crippen LogP contribution in [0.1, 0.15) is 30.2 Å². The van der Waals surface area contributed by atoms with Crippen molar-refractivity contribution in [2.24, 2.45) is 0 Å². The highest BCUT2D eigenvalue weighted by Crippen LogP contribution is 2.17. The van der Waals surface area contributed by atoms with E-state index in [0.29, 0.717) is 26.1 Å². The Morgan fingerprint density at radius 2 is 1.93 bits per heavy atom. The predicted octanol–water partition coefficient (Wildman–Crippen LogP) is 2.47. The van der Waals surface area contributed by atoms with Crippen molar-refractivity contribution in [3.63, 3.8) is 0 Å². The Bertz CT molecular complexity index is 911. The van der Waals surface area contributed by atoms with E-state index in [1.807, 2.05) is 42.7 Å². The van der Waals surface area contributed by atoms with Crippen LogP contribution in [-0.2, 0) is 17.8 Å². The number of aromatic nitrogens is 2. The van der Waals surface area contributed by atoms with Gasteiger partial charge in [0.2, 0.25) is 5.91 Å². The zero-order valence-electron chi connectivity index (χ0n) is 15.6. The Hall–Kier alpha value is -3.09. The van der Waals surface area contributed by atoms with Gasteiger partial charge in [0.05, 0.1) is 17.3 Å². The molecule has 7 heteroatoms. The van der Waals surface area contributed by atoms with Crippen molar-refractivity contribution in [1.29, 1.82) is 0 Å². The molecule has 27 heavy (non-hydrogen) atoms. The summed E-state index contributed by atoms with van der Waals surface area (Å²) < 4.78 is 7.03. The lowest BCUT2D eigenvalue weighted by molar-refractivity contribution is -0.131. The fraction of sp³-hybridized carbons (Fsp3) is 0.350. The molecule has 0 spiro atoms. The number of amides is 2. The van der Waals surface area contributed by atoms with Gasteiger partial charge in [0, 0.05) is 26.1 Å². The molecule has 1 aromatic carbocycles. The monoisotopic (exact) mass is 368 g/mol. The number of para-hydroxylation sites is 2. The van der Waals surface area contributed by atoms with Crippen molar-refractivity contribution in [3.05, 3.63) is 54.2 Å². The lowest BCUT2D eigenvalue weighted by Gasteiger charge is -2.20. The maximum atomic E-state index is 12.6. The number of carbonyl (C=O) groups is 2. The quantitative estimate of drug-likeness (QED) is 0.662. The molecule has 2 heterocycles. The van der Waals surface area contributed by atoms with E-state index < -0.39 is 0 Å². The number of hydrogen-bond donors (Lipinski definition) is 1. The second-order valence-corrected chi connectivity index (χ2v) is 6.15. The normalized spacial score (nSPS) is 10.9. The van der Waals surface area contributed by atoms with Gasteiger partial charge >= 0.3 is 0 Å². The highest BCUT2D eigenvalue weighted by molar-refractivity contribution is 5.91. The van der Waals surface area contributed by atoms with Crippen molar-refractivity contribution in [3.8, 4) is 0 Å². The summed E-state index contributed by atoms with van der Waals surface area (Å²) in [5, 5.41) is 2.82. The molecule has 142 valence electrons. The van der Waals surface area contributed by atoms with Crippen LogP contribution in [0.4, 0.5) is 0 Å². The predicted molar refractivity (Wildman–Crippen MR) is 102 cm³/mol. The minimum Gasteiger partial charge on any atom is -0.459 e. The average Bonchev–Trinajstić information content (AvgIpc) is 3.32. The first-order chi connectivity index (χ1) is 13.1. The Kier molecular flexibility index (Phi) is 5.90. The molecule has 7 nitrogen and oxygen atoms in total. The Balaban J connectivity index is 1.76. The van der Waals surface area contributed by atoms with Gasteiger partial charge in [-0.05, 0) is 38.1 Å². The zero-order chi connectivity index (χ0) is 19.2. The fourth-order valence-corrected chi connectivity index (χ4v) is 3.09. The summed E-state index contributed by atoms with van der Waals surface area (Å²) in [6.45, 7) is 5.94. The van der Waals surface area contributed by atoms with Gasteiger partial charge < -0.3 is 19.2 Å². The van der Waals surface area contributed by atoms with Gasteiger partial charge in [-0.2, -0.15) is 0 Å². The number of rotatable bonds is 8. The number of benzene rings is 1. The first-order valence-electron chi connectivity index (χ1n) is 9.17. The number of imidazole rings is 1. The SMILES string of the molecule is CCN(CC)C(=O)Cn1c(CCNC(=O)c2ccco2)nc2ccccc21. The summed E-state index contributed by atoms with van der Waals surface area (Å²) in [4.78, 5) is 31.1. The number of fused-ring (bicyclic) bond motifs is 1. The number of hydrogen-bond acceptors (Lipinski definition) is 4. The lowest BCUT2D eigenvalue weighted by atomic mass is 10.3. The molecule has 0 aliphatic heterocycles. The second kappa shape index (κ2) is 8.53. The second-order valence-electron chi connectivity index (χ2n) is 6.15. The third kappa shape index (κ3) is 4.19. The molecule has 3 aromatic rings. The molecule has 2 amide bonds. The van der Waals surface area contributed by atoms with Crippen LogP contribution in [0.25, 0.3) is 11.0 Å². The smallest absolute Gasteiger partial charge is 0.286 e. The minimum atomic E-state index is -0.262. The maximum absolute atomic E-state index is 12.6. The third-order valence-corrected chi connectivity index (χ3v) is 4.52. The van der Waals surface area contributed by atoms with E-state index >= 15 is 0 Å². The summed E-state index contributed by atoms with van der Waals surface area (Å²) in [6.07, 6.45) is 1.99. The third-order valence-electron chi connectivity index (χ3n) is 4.52. The highest BCUT2D eigenvalue weighted by Gasteiger charge is 2.17. The molecule has 0 aliphatic rings. The average molecular weight is 368 g/mol. The van der Waals surface area contributed by atoms with Crippen LogP contribution in [-0.4, -0.2) is 45.9 Å². The van der Waals surface area contributed by atoms with Crippen LogP contribution >= 0.6 is 0 Å². The molecule has 0 fully saturated rings. The summed E-state index contributed by atoms with van der Waals surface area (Å²) in [6, 6.07) is 11.0. The van der Waals surface area contributed by atoms with Crippen molar-refractivity contribution in [1.82, 2.24) is 19.8 Å². The van der Waals surface area contributed by atoms with Crippen molar-refractivity contribution >= 4 is 22.8 Å². The first-order valence-corrected chi connectivity index (χ1v) is 9.17. The van der Waals surface area contributed by atoms with Crippen molar-refractivity contribution in [2.45, 2.75) is 26.8 Å². The van der Waals surface area contributed by atoms with Gasteiger partial charge in [-0.1, -0.05) is 12.1 Å². The molecule has 0 radical (unpaired) electrons. The van der Waals surface area contributed by atoms with Crippen LogP contribution < -0.4 is 5.32 Å². The van der Waals surface area contributed by atoms with Gasteiger partial charge in [-0.15, -0.1) is 0 Å². The number of nitrogens with one attached hydrogen (secondary N) is 1. The van der Waals surface area contributed by atoms with Crippen LogP contribution in [0, 0.1) is 0 Å². The molecule has 0 bridgehead atoms. The molecule has 0 atom stereocenters. The van der Waals surface area contributed by atoms with E-state index in [9.17, 15) is 9.59 Å². The number of carbonyl (C=O) groups excluding carboxylic acids is 2. The summed E-state index contributed by atoms with van der Waals surface area (Å²) >= 11 is 0. The fourth-order valence-electron chi connectivity index (χ4n) is 3.09. The van der Waals surface area contributed by atoms with E-state index in [2.05, 4.69) is 10.3 Å². The van der Waals surface area contributed by atoms with Crippen LogP contribution in [0.5, 0.6) is 0 Å². The van der Waals surface area contributed by atoms with Crippen LogP contribution in [0.3, 0.4) is 0 Å². The van der Waals surface area contributed by atoms with E-state index in [1.165, 1.54) is 6.26 Å². The van der Waals surface area contributed by atoms with Gasteiger partial charge in [-0.3, -0.25) is 9.59 Å². The number of nitrogens with zero attached hydrogens (tertiary/aromatic N) is 3. The molecular formula is C20H24N4O3. The molecule has 2 aromatic heterocycles. The van der Waals surface area contributed by atoms with E-state index in [-0.39, 0.29) is 24.1 Å². The van der Waals surface area contributed by atoms with Crippen molar-refractivity contribution in [2.75, 3.05) is 19.6 Å². The lowest BCUT2D eigenvalue weighted by Crippen LogP contribution is -2.34. The zero-order valence-corrected chi connectivity index (χ0v) is 15.6. The Morgan fingerprint density at radius 1 is 1.15 bits per heavy atom. The van der Waals surface area contributed by atoms with Gasteiger partial charge in [0.1, 0.15) is 12.4 Å². The van der Waals surface area contributed by atoms with Gasteiger partial charge in [0.25, 0.3) is 5.91 Å². The number of likely N-dealkylation sites (N-methyl/N-ethyl adjacent to an activating group) is 1. The largest absolute Gasteiger partial charge is 0.459 e. The van der Waals surface area contributed by atoms with E-state index in [1.54, 1.807) is 17.0 Å². The van der Waals surface area contributed by atoms with Crippen LogP contribution in [0.15, 0.2) is 47.1 Å². The molecule has 1 N–H and O–H groups in total.